The lowest BCUT2D eigenvalue weighted by atomic mass is 10.0. The Hall–Kier alpha value is -4.29. The molecule has 1 atom stereocenters. The fraction of sp³-hybridized carbons (Fsp3) is 0.480. The summed E-state index contributed by atoms with van der Waals surface area (Å²) in [4.78, 5) is 43.3. The smallest absolute Gasteiger partial charge is 0.444 e. The van der Waals surface area contributed by atoms with E-state index in [1.807, 2.05) is 0 Å². The first-order valence-electron chi connectivity index (χ1n) is 12.2. The van der Waals surface area contributed by atoms with Crippen molar-refractivity contribution in [3.05, 3.63) is 52.4 Å². The molecule has 0 aliphatic carbocycles. The highest BCUT2D eigenvalue weighted by atomic mass is 19.4. The van der Waals surface area contributed by atoms with Crippen molar-refractivity contribution < 1.29 is 45.5 Å². The molecule has 0 fully saturated rings. The van der Waals surface area contributed by atoms with Gasteiger partial charge < -0.3 is 19.5 Å². The van der Waals surface area contributed by atoms with Gasteiger partial charge >= 0.3 is 12.3 Å². The number of imidazole rings is 1. The van der Waals surface area contributed by atoms with Crippen LogP contribution in [0.3, 0.4) is 0 Å². The molecule has 0 spiro atoms. The van der Waals surface area contributed by atoms with E-state index in [-0.39, 0.29) is 17.8 Å². The number of fused-ring (bicyclic) bond motifs is 1. The molecule has 1 aliphatic heterocycles. The Morgan fingerprint density at radius 1 is 1.12 bits per heavy atom. The number of hydrogen-bond acceptors (Lipinski definition) is 6. The van der Waals surface area contributed by atoms with Crippen molar-refractivity contribution >= 4 is 17.9 Å². The number of nitriles is 1. The Balaban J connectivity index is 1.89. The number of alkyl halides is 3. The van der Waals surface area contributed by atoms with Crippen molar-refractivity contribution in [3.63, 3.8) is 0 Å². The number of rotatable bonds is 6. The van der Waals surface area contributed by atoms with E-state index in [0.29, 0.717) is 17.0 Å². The highest BCUT2D eigenvalue weighted by Crippen LogP contribution is 2.33. The molecule has 0 saturated carbocycles. The molecule has 1 aromatic carbocycles. The third kappa shape index (κ3) is 7.47. The number of nitrogens with zero attached hydrogens (tertiary/aromatic N) is 5. The predicted molar refractivity (Wildman–Crippen MR) is 128 cm³/mol. The van der Waals surface area contributed by atoms with Crippen molar-refractivity contribution in [1.29, 1.82) is 5.26 Å². The Kier molecular flexibility index (Phi) is 8.89. The van der Waals surface area contributed by atoms with Gasteiger partial charge in [0.1, 0.15) is 11.4 Å². The van der Waals surface area contributed by atoms with E-state index in [2.05, 4.69) is 10.3 Å². The minimum atomic E-state index is -4.93. The quantitative estimate of drug-likeness (QED) is 0.238. The number of halogens is 6. The van der Waals surface area contributed by atoms with Gasteiger partial charge in [-0.3, -0.25) is 9.59 Å². The third-order valence-corrected chi connectivity index (χ3v) is 5.97. The lowest BCUT2D eigenvalue weighted by Gasteiger charge is -2.31. The first-order chi connectivity index (χ1) is 18.9. The van der Waals surface area contributed by atoms with Crippen LogP contribution in [0, 0.1) is 28.9 Å². The first kappa shape index (κ1) is 31.2. The van der Waals surface area contributed by atoms with Gasteiger partial charge in [0.05, 0.1) is 12.2 Å². The molecule has 3 rings (SSSR count). The number of carbonyl (C=O) groups excluding carboxylic acids is 3. The molecular formula is C25H26F6N6O4. The van der Waals surface area contributed by atoms with Crippen LogP contribution in [0.2, 0.25) is 0 Å². The molecule has 3 amide bonds. The van der Waals surface area contributed by atoms with Crippen LogP contribution in [-0.2, 0) is 35.2 Å². The van der Waals surface area contributed by atoms with Crippen molar-refractivity contribution in [3.8, 4) is 6.19 Å². The summed E-state index contributed by atoms with van der Waals surface area (Å²) in [6, 6.07) is -0.307. The van der Waals surface area contributed by atoms with Crippen LogP contribution in [0.4, 0.5) is 31.1 Å². The van der Waals surface area contributed by atoms with E-state index < -0.39 is 90.6 Å². The number of hydrogen-bond donors (Lipinski definition) is 1. The number of carbonyl (C=O) groups is 3. The minimum absolute atomic E-state index is 0.244. The summed E-state index contributed by atoms with van der Waals surface area (Å²) in [6.45, 7) is 3.56. The van der Waals surface area contributed by atoms with Crippen LogP contribution in [0.15, 0.2) is 12.1 Å². The summed E-state index contributed by atoms with van der Waals surface area (Å²) in [6.07, 6.45) is -5.44. The first-order valence-corrected chi connectivity index (χ1v) is 12.2. The Morgan fingerprint density at radius 2 is 1.76 bits per heavy atom. The van der Waals surface area contributed by atoms with Gasteiger partial charge in [0.2, 0.25) is 11.7 Å². The molecule has 222 valence electrons. The van der Waals surface area contributed by atoms with E-state index in [4.69, 9.17) is 10.00 Å². The molecule has 16 heteroatoms. The normalized spacial score (nSPS) is 14.1. The maximum Gasteiger partial charge on any atom is 0.449 e. The highest BCUT2D eigenvalue weighted by molar-refractivity contribution is 5.94. The molecule has 0 unspecified atom stereocenters. The van der Waals surface area contributed by atoms with Crippen LogP contribution in [-0.4, -0.2) is 62.5 Å². The van der Waals surface area contributed by atoms with Gasteiger partial charge in [0.15, 0.2) is 23.5 Å². The van der Waals surface area contributed by atoms with Gasteiger partial charge in [-0.05, 0) is 38.8 Å². The molecule has 0 radical (unpaired) electrons. The number of nitrogens with one attached hydrogen (secondary N) is 1. The summed E-state index contributed by atoms with van der Waals surface area (Å²) in [5.74, 6) is -7.12. The van der Waals surface area contributed by atoms with Crippen molar-refractivity contribution in [2.75, 3.05) is 13.6 Å². The van der Waals surface area contributed by atoms with Crippen LogP contribution >= 0.6 is 0 Å². The van der Waals surface area contributed by atoms with E-state index in [0.717, 1.165) is 16.5 Å². The molecule has 2 heterocycles. The van der Waals surface area contributed by atoms with Gasteiger partial charge in [-0.1, -0.05) is 0 Å². The standard InChI is InChI=1S/C25H26F6N6O4/c1-24(2,3)41-23(40)33-14(7-13-8-16(27)17(28)10-15(13)26)9-19(38)36-5-6-37-18(11-36)20(21(39)35(4)12-32)34-22(37)25(29,30)31/h8,10,14H,5-7,9,11H2,1-4H3,(H,33,40)/t14-/m1/s1. The summed E-state index contributed by atoms with van der Waals surface area (Å²) < 4.78 is 88.3. The van der Waals surface area contributed by atoms with Crippen LogP contribution in [0.5, 0.6) is 0 Å². The number of ether oxygens (including phenoxy) is 1. The molecule has 0 bridgehead atoms. The van der Waals surface area contributed by atoms with Crippen LogP contribution in [0.25, 0.3) is 0 Å². The fourth-order valence-corrected chi connectivity index (χ4v) is 4.15. The Bertz CT molecular complexity index is 1390. The Morgan fingerprint density at radius 3 is 2.34 bits per heavy atom. The van der Waals surface area contributed by atoms with E-state index in [1.54, 1.807) is 20.8 Å². The van der Waals surface area contributed by atoms with Gasteiger partial charge in [-0.15, -0.1) is 0 Å². The second-order valence-electron chi connectivity index (χ2n) is 10.3. The monoisotopic (exact) mass is 588 g/mol. The van der Waals surface area contributed by atoms with E-state index >= 15 is 0 Å². The topological polar surface area (TPSA) is 121 Å². The maximum atomic E-state index is 14.4. The van der Waals surface area contributed by atoms with Gasteiger partial charge in [0, 0.05) is 38.7 Å². The van der Waals surface area contributed by atoms with Crippen LogP contribution < -0.4 is 5.32 Å². The van der Waals surface area contributed by atoms with Gasteiger partial charge in [-0.2, -0.15) is 18.4 Å². The molecule has 2 aromatic rings. The third-order valence-electron chi connectivity index (χ3n) is 5.97. The summed E-state index contributed by atoms with van der Waals surface area (Å²) in [5, 5.41) is 11.4. The van der Waals surface area contributed by atoms with Gasteiger partial charge in [-0.25, -0.2) is 27.8 Å². The average molecular weight is 589 g/mol. The molecule has 0 saturated heterocycles. The number of amides is 3. The summed E-state index contributed by atoms with van der Waals surface area (Å²) in [7, 11) is 1.04. The zero-order chi connectivity index (χ0) is 30.9. The number of alkyl carbamates (subject to hydrolysis) is 1. The molecule has 10 nitrogen and oxygen atoms in total. The molecule has 1 aliphatic rings. The second kappa shape index (κ2) is 11.7. The largest absolute Gasteiger partial charge is 0.449 e. The fourth-order valence-electron chi connectivity index (χ4n) is 4.15. The Labute approximate surface area is 230 Å². The zero-order valence-corrected chi connectivity index (χ0v) is 22.4. The number of aromatic nitrogens is 2. The molecular weight excluding hydrogens is 562 g/mol. The lowest BCUT2D eigenvalue weighted by Crippen LogP contribution is -2.45. The van der Waals surface area contributed by atoms with Crippen molar-refractivity contribution in [2.24, 2.45) is 0 Å². The molecule has 1 aromatic heterocycles. The zero-order valence-electron chi connectivity index (χ0n) is 22.4. The summed E-state index contributed by atoms with van der Waals surface area (Å²) in [5.41, 5.74) is -2.22. The van der Waals surface area contributed by atoms with E-state index in [1.165, 1.54) is 6.19 Å². The minimum Gasteiger partial charge on any atom is -0.444 e. The van der Waals surface area contributed by atoms with Crippen LogP contribution in [0.1, 0.15) is 54.8 Å². The number of benzene rings is 1. The maximum absolute atomic E-state index is 14.4. The second-order valence-corrected chi connectivity index (χ2v) is 10.3. The summed E-state index contributed by atoms with van der Waals surface area (Å²) >= 11 is 0. The highest BCUT2D eigenvalue weighted by Gasteiger charge is 2.42. The predicted octanol–water partition coefficient (Wildman–Crippen LogP) is 3.74. The molecule has 41 heavy (non-hydrogen) atoms. The SMILES string of the molecule is CN(C#N)C(=O)c1nc(C(F)(F)F)n2c1CN(C(=O)C[C@@H](Cc1cc(F)c(F)cc1F)NC(=O)OC(C)(C)C)CC2. The molecule has 1 N–H and O–H groups in total. The van der Waals surface area contributed by atoms with E-state index in [9.17, 15) is 40.7 Å². The average Bonchev–Trinajstić information content (AvgIpc) is 3.24. The van der Waals surface area contributed by atoms with Crippen molar-refractivity contribution in [1.82, 2.24) is 24.7 Å². The van der Waals surface area contributed by atoms with Crippen molar-refractivity contribution in [2.45, 2.75) is 64.5 Å². The lowest BCUT2D eigenvalue weighted by molar-refractivity contribution is -0.148. The van der Waals surface area contributed by atoms with Gasteiger partial charge in [0.25, 0.3) is 5.91 Å².